The van der Waals surface area contributed by atoms with E-state index in [1.807, 2.05) is 12.2 Å². The third-order valence-corrected chi connectivity index (χ3v) is 5.96. The first-order chi connectivity index (χ1) is 14.5. The first-order valence-electron chi connectivity index (χ1n) is 11.5. The average Bonchev–Trinajstić information content (AvgIpc) is 2.74. The van der Waals surface area contributed by atoms with Gasteiger partial charge in [0.25, 0.3) is 0 Å². The lowest BCUT2D eigenvalue weighted by molar-refractivity contribution is -0.145. The van der Waals surface area contributed by atoms with Crippen molar-refractivity contribution in [2.45, 2.75) is 89.6 Å². The standard InChI is InChI=1S/C23H38N2O5/c1-17(15-26)24-21(27)14-19-11-7-2-3-8-12-22(28)30-16-20(25-23(19)29)13-18-9-5-4-6-10-18/h2,7,17-20,26H,3-6,8-16H2,1H3,(H,24,27)(H,25,29). The number of hydrogen-bond acceptors (Lipinski definition) is 5. The van der Waals surface area contributed by atoms with E-state index in [2.05, 4.69) is 10.6 Å². The SMILES string of the molecule is CC(CO)NC(=O)CC1CC=CCCCC(=O)OCC(CC2CCCCC2)NC1=O. The zero-order valence-corrected chi connectivity index (χ0v) is 18.2. The smallest absolute Gasteiger partial charge is 0.305 e. The van der Waals surface area contributed by atoms with Gasteiger partial charge in [-0.15, -0.1) is 0 Å². The van der Waals surface area contributed by atoms with Crippen molar-refractivity contribution >= 4 is 17.8 Å². The minimum Gasteiger partial charge on any atom is -0.463 e. The lowest BCUT2D eigenvalue weighted by Gasteiger charge is -2.28. The van der Waals surface area contributed by atoms with Crippen LogP contribution in [-0.4, -0.2) is 48.2 Å². The van der Waals surface area contributed by atoms with Gasteiger partial charge in [0.1, 0.15) is 6.61 Å². The van der Waals surface area contributed by atoms with Crippen molar-refractivity contribution in [1.82, 2.24) is 10.6 Å². The minimum atomic E-state index is -0.488. The van der Waals surface area contributed by atoms with Gasteiger partial charge in [-0.2, -0.15) is 0 Å². The van der Waals surface area contributed by atoms with Crippen LogP contribution in [0.4, 0.5) is 0 Å². The summed E-state index contributed by atoms with van der Waals surface area (Å²) in [7, 11) is 0. The molecular formula is C23H38N2O5. The molecule has 1 heterocycles. The molecule has 30 heavy (non-hydrogen) atoms. The number of cyclic esters (lactones) is 1. The zero-order chi connectivity index (χ0) is 21.8. The van der Waals surface area contributed by atoms with Crippen LogP contribution in [0.15, 0.2) is 12.2 Å². The van der Waals surface area contributed by atoms with E-state index in [0.29, 0.717) is 25.2 Å². The van der Waals surface area contributed by atoms with Crippen LogP contribution in [0.25, 0.3) is 0 Å². The van der Waals surface area contributed by atoms with Crippen LogP contribution >= 0.6 is 0 Å². The second kappa shape index (κ2) is 13.4. The summed E-state index contributed by atoms with van der Waals surface area (Å²) in [4.78, 5) is 37.3. The summed E-state index contributed by atoms with van der Waals surface area (Å²) in [6.45, 7) is 1.77. The van der Waals surface area contributed by atoms with Gasteiger partial charge in [0.05, 0.1) is 18.6 Å². The zero-order valence-electron chi connectivity index (χ0n) is 18.2. The summed E-state index contributed by atoms with van der Waals surface area (Å²) in [6.07, 6.45) is 13.0. The predicted octanol–water partition coefficient (Wildman–Crippen LogP) is 2.62. The number of carbonyl (C=O) groups is 3. The number of amides is 2. The van der Waals surface area contributed by atoms with Crippen molar-refractivity contribution in [1.29, 1.82) is 0 Å². The maximum atomic E-state index is 13.0. The Morgan fingerprint density at radius 3 is 2.73 bits per heavy atom. The highest BCUT2D eigenvalue weighted by Gasteiger charge is 2.27. The highest BCUT2D eigenvalue weighted by Crippen LogP contribution is 2.27. The normalized spacial score (nSPS) is 25.8. The molecule has 1 saturated carbocycles. The van der Waals surface area contributed by atoms with E-state index in [9.17, 15) is 14.4 Å². The summed E-state index contributed by atoms with van der Waals surface area (Å²) in [6, 6.07) is -0.569. The summed E-state index contributed by atoms with van der Waals surface area (Å²) in [5.41, 5.74) is 0. The Kier molecular flexibility index (Phi) is 10.9. The largest absolute Gasteiger partial charge is 0.463 e. The number of allylic oxidation sites excluding steroid dienone is 2. The van der Waals surface area contributed by atoms with Crippen molar-refractivity contribution in [3.63, 3.8) is 0 Å². The van der Waals surface area contributed by atoms with Gasteiger partial charge in [-0.3, -0.25) is 14.4 Å². The van der Waals surface area contributed by atoms with Gasteiger partial charge in [-0.25, -0.2) is 0 Å². The molecule has 2 aliphatic rings. The number of nitrogens with one attached hydrogen (secondary N) is 2. The molecule has 0 aromatic carbocycles. The van der Waals surface area contributed by atoms with E-state index in [4.69, 9.17) is 9.84 Å². The van der Waals surface area contributed by atoms with Crippen LogP contribution in [0.2, 0.25) is 0 Å². The second-order valence-corrected chi connectivity index (χ2v) is 8.78. The Labute approximate surface area is 180 Å². The third-order valence-electron chi connectivity index (χ3n) is 5.96. The van der Waals surface area contributed by atoms with E-state index >= 15 is 0 Å². The number of ether oxygens (including phenoxy) is 1. The number of rotatable bonds is 6. The van der Waals surface area contributed by atoms with Crippen molar-refractivity contribution in [2.75, 3.05) is 13.2 Å². The van der Waals surface area contributed by atoms with Gasteiger partial charge in [0.2, 0.25) is 11.8 Å². The molecule has 7 heteroatoms. The van der Waals surface area contributed by atoms with Crippen LogP contribution in [0, 0.1) is 11.8 Å². The lowest BCUT2D eigenvalue weighted by Crippen LogP contribution is -2.45. The quantitative estimate of drug-likeness (QED) is 0.451. The molecule has 3 N–H and O–H groups in total. The molecule has 0 bridgehead atoms. The van der Waals surface area contributed by atoms with Gasteiger partial charge in [0, 0.05) is 18.9 Å². The molecular weight excluding hydrogens is 384 g/mol. The Morgan fingerprint density at radius 2 is 2.00 bits per heavy atom. The molecule has 170 valence electrons. The van der Waals surface area contributed by atoms with Crippen molar-refractivity contribution < 1.29 is 24.2 Å². The number of aliphatic hydroxyl groups excluding tert-OH is 1. The molecule has 2 rings (SSSR count). The van der Waals surface area contributed by atoms with Gasteiger partial charge in [-0.05, 0) is 38.5 Å². The molecule has 0 aromatic rings. The van der Waals surface area contributed by atoms with E-state index in [-0.39, 0.29) is 49.5 Å². The summed E-state index contributed by atoms with van der Waals surface area (Å²) < 4.78 is 5.46. The van der Waals surface area contributed by atoms with Crippen molar-refractivity contribution in [3.8, 4) is 0 Å². The van der Waals surface area contributed by atoms with Crippen molar-refractivity contribution in [2.24, 2.45) is 11.8 Å². The van der Waals surface area contributed by atoms with Gasteiger partial charge in [-0.1, -0.05) is 44.3 Å². The Balaban J connectivity index is 2.05. The minimum absolute atomic E-state index is 0.0659. The fraction of sp³-hybridized carbons (Fsp3) is 0.783. The second-order valence-electron chi connectivity index (χ2n) is 8.78. The first-order valence-corrected chi connectivity index (χ1v) is 11.5. The average molecular weight is 423 g/mol. The lowest BCUT2D eigenvalue weighted by atomic mass is 9.84. The molecule has 0 spiro atoms. The van der Waals surface area contributed by atoms with Crippen LogP contribution in [0.5, 0.6) is 0 Å². The van der Waals surface area contributed by atoms with Crippen molar-refractivity contribution in [3.05, 3.63) is 12.2 Å². The highest BCUT2D eigenvalue weighted by atomic mass is 16.5. The fourth-order valence-electron chi connectivity index (χ4n) is 4.21. The number of esters is 1. The van der Waals surface area contributed by atoms with E-state index in [0.717, 1.165) is 25.7 Å². The van der Waals surface area contributed by atoms with Gasteiger partial charge >= 0.3 is 5.97 Å². The first kappa shape index (κ1) is 24.4. The Morgan fingerprint density at radius 1 is 1.23 bits per heavy atom. The van der Waals surface area contributed by atoms with Crippen LogP contribution < -0.4 is 10.6 Å². The molecule has 1 fully saturated rings. The Bertz CT molecular complexity index is 586. The maximum Gasteiger partial charge on any atom is 0.305 e. The number of hydrogen-bond donors (Lipinski definition) is 3. The maximum absolute atomic E-state index is 13.0. The van der Waals surface area contributed by atoms with Gasteiger partial charge < -0.3 is 20.5 Å². The summed E-state index contributed by atoms with van der Waals surface area (Å²) >= 11 is 0. The van der Waals surface area contributed by atoms with E-state index in [1.54, 1.807) is 6.92 Å². The molecule has 1 aliphatic heterocycles. The molecule has 1 aliphatic carbocycles. The number of carbonyl (C=O) groups excluding carboxylic acids is 3. The van der Waals surface area contributed by atoms with Crippen LogP contribution in [0.1, 0.15) is 77.6 Å². The molecule has 2 amide bonds. The van der Waals surface area contributed by atoms with Crippen LogP contribution in [-0.2, 0) is 19.1 Å². The molecule has 0 radical (unpaired) electrons. The molecule has 3 atom stereocenters. The number of aliphatic hydroxyl groups is 1. The third kappa shape index (κ3) is 9.28. The highest BCUT2D eigenvalue weighted by molar-refractivity contribution is 5.86. The monoisotopic (exact) mass is 422 g/mol. The molecule has 3 unspecified atom stereocenters. The molecule has 0 saturated heterocycles. The van der Waals surface area contributed by atoms with E-state index in [1.165, 1.54) is 19.3 Å². The van der Waals surface area contributed by atoms with Crippen LogP contribution in [0.3, 0.4) is 0 Å². The topological polar surface area (TPSA) is 105 Å². The summed E-state index contributed by atoms with van der Waals surface area (Å²) in [5, 5.41) is 14.9. The van der Waals surface area contributed by atoms with E-state index < -0.39 is 5.92 Å². The molecule has 7 nitrogen and oxygen atoms in total. The Hall–Kier alpha value is -1.89. The predicted molar refractivity (Wildman–Crippen MR) is 114 cm³/mol. The summed E-state index contributed by atoms with van der Waals surface area (Å²) in [5.74, 6) is -0.602. The van der Waals surface area contributed by atoms with Gasteiger partial charge in [0.15, 0.2) is 0 Å². The fourth-order valence-corrected chi connectivity index (χ4v) is 4.21. The molecule has 0 aromatic heterocycles.